The minimum absolute atomic E-state index is 0. The van der Waals surface area contributed by atoms with Crippen LogP contribution in [0.4, 0.5) is 43.9 Å². The molecule has 0 aromatic rings. The van der Waals surface area contributed by atoms with Gasteiger partial charge >= 0.3 is 36.1 Å². The van der Waals surface area contributed by atoms with Crippen LogP contribution in [0.1, 0.15) is 0 Å². The SMILES string of the molecule is O=C(O)C(F)(F)C(F)(F)F.O=C(O)C(F)(F)C(F)(F)F.[Mg]. The lowest BCUT2D eigenvalue weighted by Crippen LogP contribution is -2.43. The van der Waals surface area contributed by atoms with Crippen LogP contribution in [0.2, 0.25) is 0 Å². The van der Waals surface area contributed by atoms with Crippen LogP contribution in [0.5, 0.6) is 0 Å². The first-order valence-corrected chi connectivity index (χ1v) is 3.75. The predicted octanol–water partition coefficient (Wildman–Crippen LogP) is 2.16. The second-order valence-corrected chi connectivity index (χ2v) is 2.75. The van der Waals surface area contributed by atoms with Crippen molar-refractivity contribution < 1.29 is 63.7 Å². The summed E-state index contributed by atoms with van der Waals surface area (Å²) in [4.78, 5) is 18.4. The molecule has 0 fully saturated rings. The lowest BCUT2D eigenvalue weighted by molar-refractivity contribution is -0.278. The van der Waals surface area contributed by atoms with Gasteiger partial charge in [0, 0.05) is 23.1 Å². The molecular formula is C6H2F10MgO4. The van der Waals surface area contributed by atoms with E-state index in [4.69, 9.17) is 10.2 Å². The molecule has 21 heavy (non-hydrogen) atoms. The van der Waals surface area contributed by atoms with Crippen molar-refractivity contribution in [3.05, 3.63) is 0 Å². The van der Waals surface area contributed by atoms with Crippen molar-refractivity contribution in [1.29, 1.82) is 0 Å². The number of rotatable bonds is 2. The Morgan fingerprint density at radius 2 is 0.714 bits per heavy atom. The van der Waals surface area contributed by atoms with Crippen LogP contribution >= 0.6 is 0 Å². The number of carboxylic acids is 2. The van der Waals surface area contributed by atoms with Gasteiger partial charge in [-0.15, -0.1) is 0 Å². The molecule has 4 nitrogen and oxygen atoms in total. The quantitative estimate of drug-likeness (QED) is 0.590. The highest BCUT2D eigenvalue weighted by atomic mass is 24.3. The zero-order valence-electron chi connectivity index (χ0n) is 9.20. The molecule has 0 bridgehead atoms. The molecule has 0 saturated carbocycles. The Morgan fingerprint density at radius 1 is 0.571 bits per heavy atom. The Kier molecular flexibility index (Phi) is 8.72. The first kappa shape index (κ1) is 25.0. The van der Waals surface area contributed by atoms with Crippen LogP contribution in [0.3, 0.4) is 0 Å². The summed E-state index contributed by atoms with van der Waals surface area (Å²) in [5.41, 5.74) is 0. The van der Waals surface area contributed by atoms with Gasteiger partial charge in [-0.1, -0.05) is 0 Å². The molecule has 0 atom stereocenters. The summed E-state index contributed by atoms with van der Waals surface area (Å²) in [7, 11) is 0. The maximum atomic E-state index is 11.3. The highest BCUT2D eigenvalue weighted by Crippen LogP contribution is 2.35. The zero-order valence-corrected chi connectivity index (χ0v) is 10.6. The number of hydrogen-bond donors (Lipinski definition) is 2. The molecule has 0 saturated heterocycles. The summed E-state index contributed by atoms with van der Waals surface area (Å²) in [6, 6.07) is 0. The molecule has 0 unspecified atom stereocenters. The fourth-order valence-electron chi connectivity index (χ4n) is 0.243. The molecule has 0 aromatic carbocycles. The number of alkyl halides is 10. The van der Waals surface area contributed by atoms with Gasteiger partial charge in [0.05, 0.1) is 0 Å². The van der Waals surface area contributed by atoms with E-state index in [0.717, 1.165) is 0 Å². The molecule has 2 radical (unpaired) electrons. The highest BCUT2D eigenvalue weighted by molar-refractivity contribution is 5.76. The molecule has 122 valence electrons. The van der Waals surface area contributed by atoms with Crippen LogP contribution in [0.25, 0.3) is 0 Å². The predicted molar refractivity (Wildman–Crippen MR) is 43.0 cm³/mol. The van der Waals surface area contributed by atoms with Gasteiger partial charge in [-0.2, -0.15) is 43.9 Å². The van der Waals surface area contributed by atoms with E-state index in [1.54, 1.807) is 0 Å². The third kappa shape index (κ3) is 6.53. The average Bonchev–Trinajstić information content (AvgIpc) is 2.14. The summed E-state index contributed by atoms with van der Waals surface area (Å²) in [5.74, 6) is -17.7. The molecule has 0 spiro atoms. The lowest BCUT2D eigenvalue weighted by atomic mass is 10.3. The van der Waals surface area contributed by atoms with E-state index in [-0.39, 0.29) is 23.1 Å². The van der Waals surface area contributed by atoms with Gasteiger partial charge in [-0.3, -0.25) is 0 Å². The summed E-state index contributed by atoms with van der Waals surface area (Å²) in [5, 5.41) is 14.6. The van der Waals surface area contributed by atoms with Gasteiger partial charge in [-0.05, 0) is 0 Å². The van der Waals surface area contributed by atoms with Crippen LogP contribution in [-0.2, 0) is 9.59 Å². The van der Waals surface area contributed by atoms with Crippen LogP contribution in [-0.4, -0.2) is 69.4 Å². The fourth-order valence-corrected chi connectivity index (χ4v) is 0.243. The summed E-state index contributed by atoms with van der Waals surface area (Å²) >= 11 is 0. The van der Waals surface area contributed by atoms with Crippen molar-refractivity contribution in [1.82, 2.24) is 0 Å². The van der Waals surface area contributed by atoms with E-state index < -0.39 is 36.1 Å². The fraction of sp³-hybridized carbons (Fsp3) is 0.667. The van der Waals surface area contributed by atoms with Gasteiger partial charge in [0.2, 0.25) is 0 Å². The minimum atomic E-state index is -6.02. The molecule has 0 rings (SSSR count). The van der Waals surface area contributed by atoms with Crippen molar-refractivity contribution in [2.45, 2.75) is 24.2 Å². The number of carboxylic acid groups (broad SMARTS) is 2. The molecule has 0 heterocycles. The molecule has 2 N–H and O–H groups in total. The van der Waals surface area contributed by atoms with Gasteiger partial charge < -0.3 is 10.2 Å². The van der Waals surface area contributed by atoms with Gasteiger partial charge in [0.1, 0.15) is 0 Å². The maximum absolute atomic E-state index is 11.3. The Hall–Kier alpha value is -0.994. The van der Waals surface area contributed by atoms with Gasteiger partial charge in [-0.25, -0.2) is 9.59 Å². The Balaban J connectivity index is -0.000000295. The molecule has 0 aliphatic rings. The van der Waals surface area contributed by atoms with Crippen molar-refractivity contribution in [2.24, 2.45) is 0 Å². The number of aliphatic carboxylic acids is 2. The summed E-state index contributed by atoms with van der Waals surface area (Å²) in [6.07, 6.45) is -12.0. The average molecular weight is 352 g/mol. The van der Waals surface area contributed by atoms with E-state index in [0.29, 0.717) is 0 Å². The van der Waals surface area contributed by atoms with Crippen LogP contribution in [0, 0.1) is 0 Å². The molecule has 0 aliphatic carbocycles. The monoisotopic (exact) mass is 352 g/mol. The largest absolute Gasteiger partial charge is 0.477 e. The molecule has 0 aromatic heterocycles. The van der Waals surface area contributed by atoms with Gasteiger partial charge in [0.15, 0.2) is 0 Å². The van der Waals surface area contributed by atoms with Crippen molar-refractivity contribution in [3.8, 4) is 0 Å². The van der Waals surface area contributed by atoms with E-state index >= 15 is 0 Å². The Labute approximate surface area is 123 Å². The zero-order chi connectivity index (χ0) is 17.2. The third-order valence-electron chi connectivity index (χ3n) is 1.25. The van der Waals surface area contributed by atoms with Crippen LogP contribution < -0.4 is 0 Å². The second-order valence-electron chi connectivity index (χ2n) is 2.75. The number of hydrogen-bond acceptors (Lipinski definition) is 2. The lowest BCUT2D eigenvalue weighted by Gasteiger charge is -2.13. The Morgan fingerprint density at radius 3 is 0.714 bits per heavy atom. The van der Waals surface area contributed by atoms with Crippen molar-refractivity contribution in [2.75, 3.05) is 0 Å². The molecular weight excluding hydrogens is 350 g/mol. The van der Waals surface area contributed by atoms with E-state index in [9.17, 15) is 53.5 Å². The number of halogens is 10. The Bertz CT molecular complexity index is 337. The van der Waals surface area contributed by atoms with E-state index in [2.05, 4.69) is 0 Å². The summed E-state index contributed by atoms with van der Waals surface area (Å²) in [6.45, 7) is 0. The first-order valence-electron chi connectivity index (χ1n) is 3.75. The maximum Gasteiger partial charge on any atom is 0.465 e. The van der Waals surface area contributed by atoms with Crippen molar-refractivity contribution >= 4 is 35.0 Å². The van der Waals surface area contributed by atoms with Crippen LogP contribution in [0.15, 0.2) is 0 Å². The first-order chi connectivity index (χ1) is 8.39. The number of carbonyl (C=O) groups is 2. The third-order valence-corrected chi connectivity index (χ3v) is 1.25. The molecule has 15 heteroatoms. The molecule has 0 amide bonds. The van der Waals surface area contributed by atoms with Crippen molar-refractivity contribution in [3.63, 3.8) is 0 Å². The highest BCUT2D eigenvalue weighted by Gasteiger charge is 2.64. The normalized spacial score (nSPS) is 12.7. The minimum Gasteiger partial charge on any atom is -0.477 e. The smallest absolute Gasteiger partial charge is 0.465 e. The summed E-state index contributed by atoms with van der Waals surface area (Å²) < 4.78 is 111. The second kappa shape index (κ2) is 7.32. The van der Waals surface area contributed by atoms with E-state index in [1.807, 2.05) is 0 Å². The standard InChI is InChI=1S/2C3HF5O2.Mg/c2*4-2(5,1(9)10)3(6,7)8;/h2*(H,9,10);. The molecule has 0 aliphatic heterocycles. The van der Waals surface area contributed by atoms with E-state index in [1.165, 1.54) is 0 Å². The van der Waals surface area contributed by atoms with Gasteiger partial charge in [0.25, 0.3) is 0 Å². The topological polar surface area (TPSA) is 74.6 Å².